The Labute approximate surface area is 201 Å². The van der Waals surface area contributed by atoms with Gasteiger partial charge in [0.1, 0.15) is 17.3 Å². The third kappa shape index (κ3) is 5.22. The van der Waals surface area contributed by atoms with E-state index in [9.17, 15) is 27.9 Å². The fourth-order valence-corrected chi connectivity index (χ4v) is 4.80. The molecule has 0 saturated carbocycles. The van der Waals surface area contributed by atoms with Gasteiger partial charge in [-0.05, 0) is 24.5 Å². The van der Waals surface area contributed by atoms with Crippen LogP contribution in [0.1, 0.15) is 53.5 Å². The molecule has 0 spiro atoms. The Kier molecular flexibility index (Phi) is 7.21. The molecule has 2 aromatic carbocycles. The second kappa shape index (κ2) is 10.2. The van der Waals surface area contributed by atoms with Crippen molar-refractivity contribution < 1.29 is 27.9 Å². The van der Waals surface area contributed by atoms with Crippen LogP contribution in [0, 0.1) is 11.8 Å². The maximum Gasteiger partial charge on any atom is 0.417 e. The molecule has 0 radical (unpaired) electrons. The Morgan fingerprint density at radius 3 is 2.40 bits per heavy atom. The molecule has 0 aliphatic heterocycles. The van der Waals surface area contributed by atoms with Crippen molar-refractivity contribution in [2.45, 2.75) is 45.3 Å². The molecular formula is C27H27F3N2O3. The standard InChI is InChI=1S/C27H27F3N2O3/c1-17-14-22-24(23(34)15-19(25(17)35)10-7-13-33)32(16-18-8-3-2-4-9-18)26(31-22)20-11-5-6-12-21(20)27(28,29)30/h2-6,8-9,11-12,17,19,33H,7,10,13-16H2,1H3/t17?,19-/m0/s1. The van der Waals surface area contributed by atoms with Crippen molar-refractivity contribution in [3.05, 3.63) is 77.1 Å². The van der Waals surface area contributed by atoms with Gasteiger partial charge in [0.25, 0.3) is 0 Å². The van der Waals surface area contributed by atoms with E-state index in [0.29, 0.717) is 18.5 Å². The Morgan fingerprint density at radius 1 is 1.03 bits per heavy atom. The molecule has 1 aromatic heterocycles. The minimum Gasteiger partial charge on any atom is -0.396 e. The van der Waals surface area contributed by atoms with Crippen LogP contribution in [0.5, 0.6) is 0 Å². The number of aromatic nitrogens is 2. The topological polar surface area (TPSA) is 72.2 Å². The minimum absolute atomic E-state index is 0.0585. The second-order valence-electron chi connectivity index (χ2n) is 9.04. The molecule has 1 heterocycles. The number of halogens is 3. The van der Waals surface area contributed by atoms with E-state index in [-0.39, 0.29) is 54.6 Å². The van der Waals surface area contributed by atoms with Crippen LogP contribution in [0.4, 0.5) is 13.2 Å². The van der Waals surface area contributed by atoms with Crippen LogP contribution in [-0.4, -0.2) is 32.8 Å². The summed E-state index contributed by atoms with van der Waals surface area (Å²) in [6.07, 6.45) is -3.71. The second-order valence-corrected chi connectivity index (χ2v) is 9.04. The van der Waals surface area contributed by atoms with Gasteiger partial charge >= 0.3 is 6.18 Å². The molecule has 1 N–H and O–H groups in total. The quantitative estimate of drug-likeness (QED) is 0.513. The van der Waals surface area contributed by atoms with Crippen LogP contribution in [0.2, 0.25) is 0 Å². The Morgan fingerprint density at radius 2 is 1.71 bits per heavy atom. The predicted molar refractivity (Wildman–Crippen MR) is 125 cm³/mol. The SMILES string of the molecule is CC1Cc2nc(-c3ccccc3C(F)(F)F)n(Cc3ccccc3)c2C(=O)C[C@H](CCCO)C1=O. The molecule has 0 saturated heterocycles. The lowest BCUT2D eigenvalue weighted by Gasteiger charge is -2.23. The van der Waals surface area contributed by atoms with Gasteiger partial charge < -0.3 is 9.67 Å². The zero-order valence-electron chi connectivity index (χ0n) is 19.4. The van der Waals surface area contributed by atoms with E-state index < -0.39 is 23.6 Å². The molecule has 35 heavy (non-hydrogen) atoms. The van der Waals surface area contributed by atoms with E-state index in [2.05, 4.69) is 4.98 Å². The summed E-state index contributed by atoms with van der Waals surface area (Å²) in [5.74, 6) is -1.32. The number of nitrogens with zero attached hydrogens (tertiary/aromatic N) is 2. The van der Waals surface area contributed by atoms with Crippen LogP contribution >= 0.6 is 0 Å². The summed E-state index contributed by atoms with van der Waals surface area (Å²) >= 11 is 0. The summed E-state index contributed by atoms with van der Waals surface area (Å²) in [7, 11) is 0. The summed E-state index contributed by atoms with van der Waals surface area (Å²) in [6, 6.07) is 14.4. The van der Waals surface area contributed by atoms with Gasteiger partial charge in [0.05, 0.1) is 11.3 Å². The number of alkyl halides is 3. The van der Waals surface area contributed by atoms with Crippen molar-refractivity contribution in [3.63, 3.8) is 0 Å². The highest BCUT2D eigenvalue weighted by Crippen LogP contribution is 2.38. The molecule has 0 bridgehead atoms. The number of carbonyl (C=O) groups is 2. The third-order valence-electron chi connectivity index (χ3n) is 6.49. The minimum atomic E-state index is -4.60. The largest absolute Gasteiger partial charge is 0.417 e. The van der Waals surface area contributed by atoms with Crippen LogP contribution in [0.3, 0.4) is 0 Å². The van der Waals surface area contributed by atoms with E-state index >= 15 is 0 Å². The highest BCUT2D eigenvalue weighted by atomic mass is 19.4. The maximum atomic E-state index is 13.9. The smallest absolute Gasteiger partial charge is 0.396 e. The number of ketones is 2. The highest BCUT2D eigenvalue weighted by molar-refractivity contribution is 6.00. The van der Waals surface area contributed by atoms with Crippen LogP contribution < -0.4 is 0 Å². The molecule has 0 amide bonds. The molecule has 3 aromatic rings. The molecule has 4 rings (SSSR count). The lowest BCUT2D eigenvalue weighted by molar-refractivity contribution is -0.137. The van der Waals surface area contributed by atoms with Crippen molar-refractivity contribution >= 4 is 11.6 Å². The molecule has 0 fully saturated rings. The number of rotatable bonds is 6. The number of benzene rings is 2. The molecular weight excluding hydrogens is 457 g/mol. The van der Waals surface area contributed by atoms with Gasteiger partial charge in [-0.25, -0.2) is 4.98 Å². The third-order valence-corrected chi connectivity index (χ3v) is 6.49. The van der Waals surface area contributed by atoms with Gasteiger partial charge in [0.15, 0.2) is 5.78 Å². The lowest BCUT2D eigenvalue weighted by Crippen LogP contribution is -2.30. The molecule has 184 valence electrons. The van der Waals surface area contributed by atoms with Gasteiger partial charge in [0, 0.05) is 43.4 Å². The molecule has 2 atom stereocenters. The number of aliphatic hydroxyl groups is 1. The lowest BCUT2D eigenvalue weighted by atomic mass is 9.81. The first-order chi connectivity index (χ1) is 16.7. The zero-order valence-corrected chi connectivity index (χ0v) is 19.4. The summed E-state index contributed by atoms with van der Waals surface area (Å²) < 4.78 is 43.3. The average Bonchev–Trinajstić information content (AvgIpc) is 3.17. The Bertz CT molecular complexity index is 1220. The first-order valence-corrected chi connectivity index (χ1v) is 11.7. The fraction of sp³-hybridized carbons (Fsp3) is 0.370. The van der Waals surface area contributed by atoms with Crippen LogP contribution in [0.15, 0.2) is 54.6 Å². The van der Waals surface area contributed by atoms with E-state index in [0.717, 1.165) is 11.6 Å². The van der Waals surface area contributed by atoms with Crippen molar-refractivity contribution in [2.75, 3.05) is 6.61 Å². The Balaban J connectivity index is 1.91. The zero-order chi connectivity index (χ0) is 25.2. The number of imidazole rings is 1. The predicted octanol–water partition coefficient (Wildman–Crippen LogP) is 5.34. The molecule has 5 nitrogen and oxygen atoms in total. The monoisotopic (exact) mass is 484 g/mol. The molecule has 1 unspecified atom stereocenters. The van der Waals surface area contributed by atoms with Gasteiger partial charge in [0.2, 0.25) is 0 Å². The van der Waals surface area contributed by atoms with Gasteiger partial charge in [-0.3, -0.25) is 9.59 Å². The number of hydrogen-bond donors (Lipinski definition) is 1. The first kappa shape index (κ1) is 24.9. The summed E-state index contributed by atoms with van der Waals surface area (Å²) in [4.78, 5) is 31.1. The van der Waals surface area contributed by atoms with Gasteiger partial charge in [-0.15, -0.1) is 0 Å². The molecule has 1 aliphatic rings. The van der Waals surface area contributed by atoms with E-state index in [1.165, 1.54) is 18.2 Å². The first-order valence-electron chi connectivity index (χ1n) is 11.7. The molecule has 1 aliphatic carbocycles. The number of fused-ring (bicyclic) bond motifs is 1. The van der Waals surface area contributed by atoms with E-state index in [4.69, 9.17) is 0 Å². The van der Waals surface area contributed by atoms with E-state index in [1.807, 2.05) is 30.3 Å². The summed E-state index contributed by atoms with van der Waals surface area (Å²) in [6.45, 7) is 1.84. The normalized spacial score (nSPS) is 18.8. The fourth-order valence-electron chi connectivity index (χ4n) is 4.80. The number of carbonyl (C=O) groups excluding carboxylic acids is 2. The van der Waals surface area contributed by atoms with Gasteiger partial charge in [-0.2, -0.15) is 13.2 Å². The van der Waals surface area contributed by atoms with Crippen LogP contribution in [-0.2, 0) is 23.9 Å². The highest BCUT2D eigenvalue weighted by Gasteiger charge is 2.38. The number of hydrogen-bond acceptors (Lipinski definition) is 4. The number of aliphatic hydroxyl groups excluding tert-OH is 1. The summed E-state index contributed by atoms with van der Waals surface area (Å²) in [5, 5.41) is 9.23. The van der Waals surface area contributed by atoms with Crippen molar-refractivity contribution in [2.24, 2.45) is 11.8 Å². The van der Waals surface area contributed by atoms with Crippen molar-refractivity contribution in [1.82, 2.24) is 9.55 Å². The van der Waals surface area contributed by atoms with Crippen LogP contribution in [0.25, 0.3) is 11.4 Å². The summed E-state index contributed by atoms with van der Waals surface area (Å²) in [5.41, 5.74) is 0.485. The van der Waals surface area contributed by atoms with E-state index in [1.54, 1.807) is 11.5 Å². The van der Waals surface area contributed by atoms with Crippen molar-refractivity contribution in [3.8, 4) is 11.4 Å². The Hall–Kier alpha value is -3.26. The van der Waals surface area contributed by atoms with Crippen molar-refractivity contribution in [1.29, 1.82) is 0 Å². The maximum absolute atomic E-state index is 13.9. The van der Waals surface area contributed by atoms with Gasteiger partial charge in [-0.1, -0.05) is 55.5 Å². The molecule has 8 heteroatoms. The average molecular weight is 485 g/mol. The number of Topliss-reactive ketones (excluding diaryl/α,β-unsaturated/α-hetero) is 2.